The minimum Gasteiger partial charge on any atom is -0.478 e. The number of aromatic amines is 1. The molecule has 0 atom stereocenters. The molecule has 1 aliphatic heterocycles. The van der Waals surface area contributed by atoms with Crippen LogP contribution in [0.15, 0.2) is 35.4 Å². The normalized spacial score (nSPS) is 14.5. The molecule has 0 bridgehead atoms. The number of piperidine rings is 1. The van der Waals surface area contributed by atoms with E-state index in [0.29, 0.717) is 57.8 Å². The number of H-pyrrole nitrogens is 1. The van der Waals surface area contributed by atoms with Crippen LogP contribution in [-0.4, -0.2) is 57.2 Å². The maximum atomic E-state index is 15.6. The first-order valence-electron chi connectivity index (χ1n) is 13.3. The molecule has 37 heavy (non-hydrogen) atoms. The molecule has 0 saturated carbocycles. The summed E-state index contributed by atoms with van der Waals surface area (Å²) in [4.78, 5) is 26.7. The van der Waals surface area contributed by atoms with E-state index in [0.717, 1.165) is 25.8 Å². The Morgan fingerprint density at radius 2 is 1.97 bits per heavy atom. The highest BCUT2D eigenvalue weighted by Crippen LogP contribution is 2.39. The monoisotopic (exact) mass is 506 g/mol. The number of ether oxygens (including phenoxy) is 1. The van der Waals surface area contributed by atoms with Crippen molar-refractivity contribution in [3.8, 4) is 17.0 Å². The smallest absolute Gasteiger partial charge is 0.326 e. The zero-order chi connectivity index (χ0) is 25.8. The van der Waals surface area contributed by atoms with Gasteiger partial charge in [-0.05, 0) is 44.8 Å². The molecule has 5 rings (SSSR count). The molecule has 0 amide bonds. The fourth-order valence-electron chi connectivity index (χ4n) is 5.11. The molecule has 1 fully saturated rings. The molecule has 0 spiro atoms. The fourth-order valence-corrected chi connectivity index (χ4v) is 5.11. The van der Waals surface area contributed by atoms with Crippen LogP contribution in [0.4, 0.5) is 10.1 Å². The quantitative estimate of drug-likeness (QED) is 0.292. The standard InChI is InChI=1S/C28H35FN6O2/c1-3-4-11-30-27-24(20(29)16-21-25(27)26-22(18-31-21)34(2)28(36)33-26)19-9-10-23(32-17-19)37-15-8-14-35-12-6-5-7-13-35/h9-10,16-18,30H,3-8,11-15H2,1-2H3,(H,33,36). The van der Waals surface area contributed by atoms with Crippen molar-refractivity contribution >= 4 is 27.6 Å². The predicted octanol–water partition coefficient (Wildman–Crippen LogP) is 5.08. The fraction of sp³-hybridized carbons (Fsp3) is 0.464. The van der Waals surface area contributed by atoms with Crippen LogP contribution in [0.3, 0.4) is 0 Å². The number of halogens is 1. The van der Waals surface area contributed by atoms with Gasteiger partial charge in [-0.2, -0.15) is 0 Å². The average molecular weight is 507 g/mol. The average Bonchev–Trinajstić information content (AvgIpc) is 3.20. The van der Waals surface area contributed by atoms with Crippen molar-refractivity contribution in [1.82, 2.24) is 24.4 Å². The summed E-state index contributed by atoms with van der Waals surface area (Å²) in [5.74, 6) is 0.133. The molecular formula is C28H35FN6O2. The summed E-state index contributed by atoms with van der Waals surface area (Å²) in [5.41, 5.74) is 3.20. The number of unbranched alkanes of at least 4 members (excludes halogenated alkanes) is 1. The lowest BCUT2D eigenvalue weighted by molar-refractivity contribution is 0.203. The molecule has 0 aliphatic carbocycles. The maximum Gasteiger partial charge on any atom is 0.326 e. The van der Waals surface area contributed by atoms with Gasteiger partial charge in [-0.15, -0.1) is 0 Å². The van der Waals surface area contributed by atoms with E-state index in [1.165, 1.54) is 43.0 Å². The molecule has 1 aromatic carbocycles. The summed E-state index contributed by atoms with van der Waals surface area (Å²) in [6.45, 7) is 6.77. The number of benzene rings is 1. The van der Waals surface area contributed by atoms with Gasteiger partial charge in [-0.1, -0.05) is 19.8 Å². The number of likely N-dealkylation sites (tertiary alicyclic amines) is 1. The largest absolute Gasteiger partial charge is 0.478 e. The van der Waals surface area contributed by atoms with Crippen molar-refractivity contribution < 1.29 is 9.13 Å². The van der Waals surface area contributed by atoms with Gasteiger partial charge in [-0.25, -0.2) is 14.2 Å². The number of anilines is 1. The summed E-state index contributed by atoms with van der Waals surface area (Å²) >= 11 is 0. The Morgan fingerprint density at radius 3 is 2.73 bits per heavy atom. The minimum atomic E-state index is -0.395. The van der Waals surface area contributed by atoms with Crippen molar-refractivity contribution in [2.75, 3.05) is 38.1 Å². The van der Waals surface area contributed by atoms with Crippen molar-refractivity contribution in [3.63, 3.8) is 0 Å². The highest BCUT2D eigenvalue weighted by molar-refractivity contribution is 6.12. The molecule has 8 nitrogen and oxygen atoms in total. The maximum absolute atomic E-state index is 15.6. The number of hydrogen-bond acceptors (Lipinski definition) is 6. The van der Waals surface area contributed by atoms with Gasteiger partial charge in [0.2, 0.25) is 5.88 Å². The molecule has 196 valence electrons. The van der Waals surface area contributed by atoms with E-state index < -0.39 is 5.82 Å². The zero-order valence-electron chi connectivity index (χ0n) is 21.6. The van der Waals surface area contributed by atoms with E-state index in [-0.39, 0.29) is 5.69 Å². The molecule has 1 saturated heterocycles. The molecular weight excluding hydrogens is 471 g/mol. The van der Waals surface area contributed by atoms with Crippen LogP contribution in [0.1, 0.15) is 45.4 Å². The second-order valence-corrected chi connectivity index (χ2v) is 9.78. The Labute approximate surface area is 215 Å². The molecule has 3 aromatic heterocycles. The summed E-state index contributed by atoms with van der Waals surface area (Å²) in [6.07, 6.45) is 10.0. The van der Waals surface area contributed by atoms with E-state index in [2.05, 4.69) is 32.1 Å². The Kier molecular flexibility index (Phi) is 7.69. The molecule has 1 aliphatic rings. The van der Waals surface area contributed by atoms with Gasteiger partial charge in [0, 0.05) is 49.6 Å². The lowest BCUT2D eigenvalue weighted by Gasteiger charge is -2.26. The van der Waals surface area contributed by atoms with Gasteiger partial charge in [0.05, 0.1) is 40.4 Å². The van der Waals surface area contributed by atoms with E-state index in [1.807, 2.05) is 6.07 Å². The highest BCUT2D eigenvalue weighted by atomic mass is 19.1. The Hall–Kier alpha value is -3.46. The van der Waals surface area contributed by atoms with Gasteiger partial charge in [0.25, 0.3) is 0 Å². The summed E-state index contributed by atoms with van der Waals surface area (Å²) in [6, 6.07) is 5.05. The zero-order valence-corrected chi connectivity index (χ0v) is 21.6. The lowest BCUT2D eigenvalue weighted by atomic mass is 9.99. The second kappa shape index (κ2) is 11.3. The molecule has 2 N–H and O–H groups in total. The predicted molar refractivity (Wildman–Crippen MR) is 146 cm³/mol. The number of fused-ring (bicyclic) bond motifs is 3. The first kappa shape index (κ1) is 25.2. The summed E-state index contributed by atoms with van der Waals surface area (Å²) < 4.78 is 23.0. The van der Waals surface area contributed by atoms with Crippen molar-refractivity contribution in [2.45, 2.75) is 45.4 Å². The van der Waals surface area contributed by atoms with Crippen LogP contribution < -0.4 is 15.7 Å². The van der Waals surface area contributed by atoms with Gasteiger partial charge >= 0.3 is 5.69 Å². The molecule has 0 unspecified atom stereocenters. The van der Waals surface area contributed by atoms with E-state index >= 15 is 4.39 Å². The molecule has 4 heterocycles. The van der Waals surface area contributed by atoms with E-state index in [4.69, 9.17) is 4.74 Å². The number of aromatic nitrogens is 4. The third-order valence-electron chi connectivity index (χ3n) is 7.16. The number of imidazole rings is 1. The van der Waals surface area contributed by atoms with Crippen molar-refractivity contribution in [3.05, 3.63) is 46.9 Å². The van der Waals surface area contributed by atoms with E-state index in [1.54, 1.807) is 25.5 Å². The summed E-state index contributed by atoms with van der Waals surface area (Å²) in [5, 5.41) is 4.13. The number of hydrogen-bond donors (Lipinski definition) is 2. The molecule has 4 aromatic rings. The van der Waals surface area contributed by atoms with Crippen LogP contribution in [0.2, 0.25) is 0 Å². The Balaban J connectivity index is 1.44. The van der Waals surface area contributed by atoms with Crippen LogP contribution in [0.25, 0.3) is 33.1 Å². The molecule has 0 radical (unpaired) electrons. The number of pyridine rings is 2. The number of nitrogens with zero attached hydrogens (tertiary/aromatic N) is 4. The van der Waals surface area contributed by atoms with Crippen LogP contribution >= 0.6 is 0 Å². The van der Waals surface area contributed by atoms with E-state index in [9.17, 15) is 4.79 Å². The van der Waals surface area contributed by atoms with Crippen molar-refractivity contribution in [2.24, 2.45) is 7.05 Å². The van der Waals surface area contributed by atoms with Crippen LogP contribution in [-0.2, 0) is 7.05 Å². The van der Waals surface area contributed by atoms with Gasteiger partial charge < -0.3 is 19.9 Å². The van der Waals surface area contributed by atoms with Crippen molar-refractivity contribution in [1.29, 1.82) is 0 Å². The first-order chi connectivity index (χ1) is 18.1. The lowest BCUT2D eigenvalue weighted by Crippen LogP contribution is -2.31. The first-order valence-corrected chi connectivity index (χ1v) is 13.3. The third kappa shape index (κ3) is 5.32. The number of aryl methyl sites for hydroxylation is 1. The van der Waals surface area contributed by atoms with Gasteiger partial charge in [-0.3, -0.25) is 9.55 Å². The molecule has 9 heteroatoms. The third-order valence-corrected chi connectivity index (χ3v) is 7.16. The van der Waals surface area contributed by atoms with Gasteiger partial charge in [0.1, 0.15) is 5.82 Å². The topological polar surface area (TPSA) is 88.1 Å². The number of nitrogens with one attached hydrogen (secondary N) is 2. The second-order valence-electron chi connectivity index (χ2n) is 9.78. The minimum absolute atomic E-state index is 0.238. The Bertz CT molecular complexity index is 1420. The van der Waals surface area contributed by atoms with Gasteiger partial charge in [0.15, 0.2) is 0 Å². The Morgan fingerprint density at radius 1 is 1.14 bits per heavy atom. The summed E-state index contributed by atoms with van der Waals surface area (Å²) in [7, 11) is 1.69. The highest BCUT2D eigenvalue weighted by Gasteiger charge is 2.20. The van der Waals surface area contributed by atoms with Crippen LogP contribution in [0.5, 0.6) is 5.88 Å². The number of rotatable bonds is 10. The SMILES string of the molecule is CCCCNc1c(-c2ccc(OCCCN3CCCCC3)nc2)c(F)cc2ncc3c([nH]c(=O)n3C)c12. The van der Waals surface area contributed by atoms with Crippen LogP contribution in [0, 0.1) is 5.82 Å².